The summed E-state index contributed by atoms with van der Waals surface area (Å²) >= 11 is 0. The van der Waals surface area contributed by atoms with Gasteiger partial charge in [-0.3, -0.25) is 38.7 Å². The number of alkyl halides is 1. The highest BCUT2D eigenvalue weighted by molar-refractivity contribution is 7.90. The number of ether oxygens (including phenoxy) is 2. The van der Waals surface area contributed by atoms with E-state index in [4.69, 9.17) is 9.47 Å². The topological polar surface area (TPSA) is 196 Å². The number of benzene rings is 3. The molecule has 5 aliphatic heterocycles. The molecule has 4 fully saturated rings. The van der Waals surface area contributed by atoms with Gasteiger partial charge in [-0.05, 0) is 105 Å². The second-order valence-corrected chi connectivity index (χ2v) is 21.8. The maximum atomic E-state index is 16.2. The Balaban J connectivity index is 0.780. The van der Waals surface area contributed by atoms with Gasteiger partial charge in [0.05, 0.1) is 22.9 Å². The molecule has 75 heavy (non-hydrogen) atoms. The smallest absolute Gasteiger partial charge is 0.333 e. The lowest BCUT2D eigenvalue weighted by Crippen LogP contribution is -2.52. The summed E-state index contributed by atoms with van der Waals surface area (Å²) in [7, 11) is -4.44. The molecule has 0 aliphatic carbocycles. The Morgan fingerprint density at radius 1 is 0.867 bits per heavy atom. The normalized spacial score (nSPS) is 20.1. The van der Waals surface area contributed by atoms with Crippen molar-refractivity contribution in [3.63, 3.8) is 0 Å². The van der Waals surface area contributed by atoms with Crippen LogP contribution in [-0.2, 0) is 47.3 Å². The summed E-state index contributed by atoms with van der Waals surface area (Å²) in [6.07, 6.45) is 3.81. The van der Waals surface area contributed by atoms with Crippen molar-refractivity contribution < 1.29 is 55.0 Å². The number of piperazine rings is 1. The van der Waals surface area contributed by atoms with E-state index in [0.29, 0.717) is 30.0 Å². The first-order chi connectivity index (χ1) is 36.0. The molecule has 1 unspecified atom stereocenters. The fourth-order valence-corrected chi connectivity index (χ4v) is 11.9. The maximum absolute atomic E-state index is 16.2. The zero-order valence-corrected chi connectivity index (χ0v) is 42.4. The number of piperidine rings is 2. The molecule has 3 aromatic carbocycles. The number of rotatable bonds is 16. The van der Waals surface area contributed by atoms with Crippen LogP contribution in [0.2, 0.25) is 0 Å². The lowest BCUT2D eigenvalue weighted by Gasteiger charge is -2.40. The molecule has 10 rings (SSSR count). The van der Waals surface area contributed by atoms with Crippen molar-refractivity contribution in [1.82, 2.24) is 29.0 Å². The predicted octanol–water partition coefficient (Wildman–Crippen LogP) is 5.64. The van der Waals surface area contributed by atoms with Crippen molar-refractivity contribution in [2.24, 2.45) is 5.92 Å². The Hall–Kier alpha value is -6.88. The molecular weight excluding hydrogens is 996 g/mol. The zero-order valence-electron chi connectivity index (χ0n) is 41.6. The van der Waals surface area contributed by atoms with Crippen LogP contribution in [0.1, 0.15) is 77.8 Å². The third kappa shape index (κ3) is 11.0. The van der Waals surface area contributed by atoms with Gasteiger partial charge in [0.2, 0.25) is 17.6 Å². The van der Waals surface area contributed by atoms with E-state index < -0.39 is 76.2 Å². The number of amides is 3. The molecule has 2 N–H and O–H groups in total. The standard InChI is InChI=1S/C53H58F3N9O9S/c1-32(2)73-30-47(67)74-31-63-29-42(50(68)48-43(55)9-10-44(49(48)56)59-75(71,72)64-18-15-37(54)28-64)41-24-35(25-57-51(41)63)34-3-5-38(6-4-34)62-21-19-60(20-22-62)26-33-13-16-61(17-14-33)39-7-8-40-36(23-39)27-65(53(40)70)45-11-12-46(66)58-52(45)69/h3-10,23-25,29,32-33,37,45,59H,11-22,26-28,30-31H2,1-2H3,(H,58,66,69)/t37-,45?/m1/s1. The van der Waals surface area contributed by atoms with Gasteiger partial charge in [0.15, 0.2) is 12.5 Å². The van der Waals surface area contributed by atoms with Crippen LogP contribution in [0.5, 0.6) is 0 Å². The number of pyridine rings is 1. The molecule has 0 radical (unpaired) electrons. The fourth-order valence-electron chi connectivity index (χ4n) is 10.7. The highest BCUT2D eigenvalue weighted by Crippen LogP contribution is 2.35. The molecule has 22 heteroatoms. The van der Waals surface area contributed by atoms with E-state index in [1.807, 2.05) is 41.1 Å². The molecule has 18 nitrogen and oxygen atoms in total. The summed E-state index contributed by atoms with van der Waals surface area (Å²) in [5.41, 5.74) is 3.19. The SMILES string of the molecule is CC(C)OCC(=O)OCn1cc(C(=O)c2c(F)ccc(NS(=O)(=O)N3CC[C@@H](F)C3)c2F)c2cc(-c3ccc(N4CCN(CC5CCN(c6ccc7c(c6)CN(C6CCC(=O)NC6=O)C7=O)CC5)CC4)cc3)cnc21. The molecule has 0 saturated carbocycles. The van der Waals surface area contributed by atoms with E-state index in [9.17, 15) is 36.8 Å². The van der Waals surface area contributed by atoms with Crippen LogP contribution in [0.3, 0.4) is 0 Å². The Morgan fingerprint density at radius 3 is 2.31 bits per heavy atom. The Morgan fingerprint density at radius 2 is 1.60 bits per heavy atom. The molecule has 396 valence electrons. The molecule has 7 heterocycles. The molecular formula is C53H58F3N9O9S. The maximum Gasteiger partial charge on any atom is 0.333 e. The first-order valence-corrected chi connectivity index (χ1v) is 26.7. The number of carbonyl (C=O) groups excluding carboxylic acids is 5. The van der Waals surface area contributed by atoms with Crippen molar-refractivity contribution in [2.75, 3.05) is 80.0 Å². The number of nitrogens with one attached hydrogen (secondary N) is 2. The van der Waals surface area contributed by atoms with E-state index in [1.165, 1.54) is 10.8 Å². The van der Waals surface area contributed by atoms with Crippen molar-refractivity contribution in [1.29, 1.82) is 0 Å². The van der Waals surface area contributed by atoms with Crippen LogP contribution >= 0.6 is 0 Å². The summed E-state index contributed by atoms with van der Waals surface area (Å²) < 4.78 is 86.6. The number of anilines is 3. The van der Waals surface area contributed by atoms with Gasteiger partial charge in [-0.2, -0.15) is 12.7 Å². The average molecular weight is 1050 g/mol. The number of carbonyl (C=O) groups is 5. The highest BCUT2D eigenvalue weighted by atomic mass is 32.2. The summed E-state index contributed by atoms with van der Waals surface area (Å²) in [6.45, 7) is 8.80. The fraction of sp³-hybridized carbons (Fsp3) is 0.434. The van der Waals surface area contributed by atoms with E-state index in [2.05, 4.69) is 31.1 Å². The largest absolute Gasteiger partial charge is 0.442 e. The summed E-state index contributed by atoms with van der Waals surface area (Å²) in [5, 5.41) is 2.55. The monoisotopic (exact) mass is 1050 g/mol. The third-order valence-electron chi connectivity index (χ3n) is 14.8. The van der Waals surface area contributed by atoms with E-state index in [-0.39, 0.29) is 60.5 Å². The van der Waals surface area contributed by atoms with Crippen LogP contribution in [0.4, 0.5) is 30.2 Å². The number of imide groups is 1. The molecule has 5 aliphatic rings. The number of fused-ring (bicyclic) bond motifs is 2. The number of halogens is 3. The first-order valence-electron chi connectivity index (χ1n) is 25.3. The second-order valence-electron chi connectivity index (χ2n) is 20.1. The highest BCUT2D eigenvalue weighted by Gasteiger charge is 2.40. The van der Waals surface area contributed by atoms with Crippen LogP contribution in [0.25, 0.3) is 22.2 Å². The molecule has 2 aromatic heterocycles. The quantitative estimate of drug-likeness (QED) is 0.0701. The molecule has 4 saturated heterocycles. The Bertz CT molecular complexity index is 3160. The van der Waals surface area contributed by atoms with Crippen molar-refractivity contribution in [2.45, 2.75) is 77.5 Å². The lowest BCUT2D eigenvalue weighted by atomic mass is 9.95. The van der Waals surface area contributed by atoms with Crippen LogP contribution in [-0.4, -0.2) is 145 Å². The minimum atomic E-state index is -4.44. The van der Waals surface area contributed by atoms with Crippen LogP contribution in [0.15, 0.2) is 73.1 Å². The van der Waals surface area contributed by atoms with Gasteiger partial charge >= 0.3 is 16.2 Å². The van der Waals surface area contributed by atoms with Gasteiger partial charge < -0.3 is 24.2 Å². The van der Waals surface area contributed by atoms with Crippen molar-refractivity contribution >= 4 is 67.8 Å². The number of hydrogen-bond acceptors (Lipinski definition) is 13. The van der Waals surface area contributed by atoms with E-state index in [0.717, 1.165) is 97.6 Å². The second kappa shape index (κ2) is 21.4. The number of esters is 1. The molecule has 0 bridgehead atoms. The Labute approximate surface area is 431 Å². The van der Waals surface area contributed by atoms with Gasteiger partial charge in [0.1, 0.15) is 30.3 Å². The number of nitrogens with zero attached hydrogens (tertiary/aromatic N) is 7. The van der Waals surface area contributed by atoms with Gasteiger partial charge in [0, 0.05) is 112 Å². The number of hydrogen-bond donors (Lipinski definition) is 2. The lowest BCUT2D eigenvalue weighted by molar-refractivity contribution is -0.154. The van der Waals surface area contributed by atoms with Crippen LogP contribution in [0, 0.1) is 17.6 Å². The zero-order chi connectivity index (χ0) is 52.7. The number of ketones is 1. The van der Waals surface area contributed by atoms with Crippen molar-refractivity contribution in [3.8, 4) is 11.1 Å². The summed E-state index contributed by atoms with van der Waals surface area (Å²) in [5.74, 6) is -4.88. The Kier molecular flexibility index (Phi) is 14.7. The minimum absolute atomic E-state index is 0.0347. The van der Waals surface area contributed by atoms with Crippen LogP contribution < -0.4 is 19.8 Å². The van der Waals surface area contributed by atoms with Crippen molar-refractivity contribution in [3.05, 3.63) is 107 Å². The molecule has 3 amide bonds. The van der Waals surface area contributed by atoms with Gasteiger partial charge in [0.25, 0.3) is 5.91 Å². The number of aromatic nitrogens is 2. The minimum Gasteiger partial charge on any atom is -0.442 e. The molecule has 5 aromatic rings. The predicted molar refractivity (Wildman–Crippen MR) is 272 cm³/mol. The van der Waals surface area contributed by atoms with Gasteiger partial charge in [-0.25, -0.2) is 22.9 Å². The van der Waals surface area contributed by atoms with Gasteiger partial charge in [-0.15, -0.1) is 0 Å². The molecule has 2 atom stereocenters. The third-order valence-corrected chi connectivity index (χ3v) is 16.3. The first kappa shape index (κ1) is 51.6. The summed E-state index contributed by atoms with van der Waals surface area (Å²) in [4.78, 5) is 77.7. The summed E-state index contributed by atoms with van der Waals surface area (Å²) in [6, 6.07) is 16.4. The van der Waals surface area contributed by atoms with Gasteiger partial charge in [-0.1, -0.05) is 12.1 Å². The van der Waals surface area contributed by atoms with E-state index >= 15 is 8.78 Å². The average Bonchev–Trinajstić information content (AvgIpc) is 4.12. The van der Waals surface area contributed by atoms with E-state index in [1.54, 1.807) is 31.0 Å². The molecule has 0 spiro atoms.